The van der Waals surface area contributed by atoms with Gasteiger partial charge in [-0.1, -0.05) is 27.7 Å². The predicted molar refractivity (Wildman–Crippen MR) is 352 cm³/mol. The summed E-state index contributed by atoms with van der Waals surface area (Å²) in [5, 5.41) is 0.489. The normalized spacial score (nSPS) is 18.9. The Morgan fingerprint density at radius 2 is 0.612 bits per heavy atom. The molecule has 6 heterocycles. The number of nitrogens with zero attached hydrogens (tertiary/aromatic N) is 4. The van der Waals surface area contributed by atoms with Crippen molar-refractivity contribution in [2.24, 2.45) is 11.8 Å². The summed E-state index contributed by atoms with van der Waals surface area (Å²) in [5.74, 6) is -7.73. The van der Waals surface area contributed by atoms with Gasteiger partial charge in [0.05, 0.1) is 73.1 Å². The lowest BCUT2D eigenvalue weighted by molar-refractivity contribution is -0.137. The highest BCUT2D eigenvalue weighted by atomic mass is 19.1. The number of imide groups is 2. The summed E-state index contributed by atoms with van der Waals surface area (Å²) in [6.45, 7) is 10.7. The number of ether oxygens (including phenoxy) is 8. The Morgan fingerprint density at radius 3 is 0.816 bits per heavy atom. The first-order chi connectivity index (χ1) is 47.3. The first-order valence-electron chi connectivity index (χ1n) is 33.2. The van der Waals surface area contributed by atoms with Gasteiger partial charge in [-0.2, -0.15) is 0 Å². The summed E-state index contributed by atoms with van der Waals surface area (Å²) >= 11 is 0. The highest BCUT2D eigenvalue weighted by Gasteiger charge is 2.48. The maximum Gasteiger partial charge on any atom is 0.262 e. The molecule has 98 heavy (non-hydrogen) atoms. The molecule has 0 aromatic heterocycles. The molecule has 6 atom stereocenters. The molecular formula is C76H68F4N4O14. The molecule has 504 valence electrons. The van der Waals surface area contributed by atoms with Gasteiger partial charge in [-0.25, -0.2) is 17.6 Å². The van der Waals surface area contributed by atoms with Crippen LogP contribution in [0.3, 0.4) is 0 Å². The van der Waals surface area contributed by atoms with Crippen LogP contribution in [-0.2, 0) is 28.5 Å². The van der Waals surface area contributed by atoms with Crippen LogP contribution < -0.4 is 18.9 Å². The molecule has 0 radical (unpaired) electrons. The third-order valence-corrected chi connectivity index (χ3v) is 18.8. The van der Waals surface area contributed by atoms with E-state index in [0.717, 1.165) is 9.80 Å². The lowest BCUT2D eigenvalue weighted by Crippen LogP contribution is -2.55. The Hall–Kier alpha value is -9.74. The fraction of sp³-hybridized carbons (Fsp3) is 0.342. The molecule has 0 bridgehead atoms. The van der Waals surface area contributed by atoms with E-state index in [-0.39, 0.29) is 187 Å². The highest BCUT2D eigenvalue weighted by molar-refractivity contribution is 6.45. The zero-order chi connectivity index (χ0) is 67.9. The molecular weight excluding hydrogens is 1270 g/mol. The number of hydrogen-bond donors (Lipinski definition) is 0. The molecule has 6 unspecified atom stereocenters. The van der Waals surface area contributed by atoms with Crippen molar-refractivity contribution in [3.8, 4) is 46.0 Å². The summed E-state index contributed by atoms with van der Waals surface area (Å²) in [6.07, 6.45) is 1.89. The number of rotatable bonds is 28. The largest absolute Gasteiger partial charge is 0.457 e. The van der Waals surface area contributed by atoms with E-state index in [1.165, 1.54) is 121 Å². The molecule has 6 aliphatic heterocycles. The molecule has 0 aliphatic carbocycles. The summed E-state index contributed by atoms with van der Waals surface area (Å²) in [6, 6.07) is 23.2. The lowest BCUT2D eigenvalue weighted by atomic mass is 9.80. The average Bonchev–Trinajstić information content (AvgIpc) is 0.691. The fourth-order valence-electron chi connectivity index (χ4n) is 13.7. The van der Waals surface area contributed by atoms with E-state index < -0.39 is 70.8 Å². The van der Waals surface area contributed by atoms with Gasteiger partial charge in [-0.3, -0.25) is 38.6 Å². The monoisotopic (exact) mass is 1340 g/mol. The second-order valence-electron chi connectivity index (χ2n) is 26.8. The van der Waals surface area contributed by atoms with Crippen molar-refractivity contribution in [3.05, 3.63) is 167 Å². The van der Waals surface area contributed by atoms with Crippen molar-refractivity contribution < 1.29 is 84.2 Å². The summed E-state index contributed by atoms with van der Waals surface area (Å²) in [7, 11) is 0. The number of halogens is 4. The van der Waals surface area contributed by atoms with Crippen molar-refractivity contribution in [2.45, 2.75) is 103 Å². The molecule has 4 saturated heterocycles. The molecule has 6 amide bonds. The van der Waals surface area contributed by atoms with Crippen molar-refractivity contribution >= 4 is 78.5 Å². The van der Waals surface area contributed by atoms with Crippen LogP contribution in [0.5, 0.6) is 46.0 Å². The lowest BCUT2D eigenvalue weighted by Gasteiger charge is -2.38. The van der Waals surface area contributed by atoms with Crippen LogP contribution in [0.1, 0.15) is 108 Å². The van der Waals surface area contributed by atoms with Crippen LogP contribution in [0.15, 0.2) is 121 Å². The Bertz CT molecular complexity index is 4120. The van der Waals surface area contributed by atoms with E-state index in [4.69, 9.17) is 37.9 Å². The first kappa shape index (κ1) is 64.3. The van der Waals surface area contributed by atoms with Crippen LogP contribution >= 0.6 is 0 Å². The first-order valence-corrected chi connectivity index (χ1v) is 33.2. The molecule has 0 N–H and O–H groups in total. The summed E-state index contributed by atoms with van der Waals surface area (Å²) in [4.78, 5) is 101. The van der Waals surface area contributed by atoms with Crippen molar-refractivity contribution in [1.82, 2.24) is 19.6 Å². The second-order valence-corrected chi connectivity index (χ2v) is 26.8. The molecule has 6 aliphatic rings. The van der Waals surface area contributed by atoms with Crippen LogP contribution in [0.4, 0.5) is 17.6 Å². The van der Waals surface area contributed by atoms with Gasteiger partial charge in [0, 0.05) is 69.3 Å². The van der Waals surface area contributed by atoms with Gasteiger partial charge >= 0.3 is 0 Å². The molecule has 18 nitrogen and oxygen atoms in total. The van der Waals surface area contributed by atoms with Crippen LogP contribution in [0.2, 0.25) is 0 Å². The SMILES string of the molecule is CC(C)CC(C(=O)N(CCC1CO1)CCC1CO1)N1C(=O)c2cc(Oc3ccc(F)cc3)c3c4c(Oc5ccc(F)cc5)cc5c6c(cc(Oc7ccc(F)cc7)c(c7c(Oc8ccc(F)cc8)cc(c2c37)C1=O)c64)C(=O)N(C(CC(C)C)C(=O)N(CCC1CO1)CCC1CO1)C5=O. The topological polar surface area (TPSA) is 202 Å². The zero-order valence-corrected chi connectivity index (χ0v) is 54.1. The Labute approximate surface area is 560 Å². The number of hydrogen-bond acceptors (Lipinski definition) is 14. The minimum atomic E-state index is -1.38. The van der Waals surface area contributed by atoms with Crippen molar-refractivity contribution in [2.75, 3.05) is 52.6 Å². The Balaban J connectivity index is 1.04. The summed E-state index contributed by atoms with van der Waals surface area (Å²) in [5.41, 5.74) is -0.510. The standard InChI is InChI=1S/C76H68F4N4O14/c1-39(2)29-57(75(89)81(25-21-49-35-91-49)26-22-50-36-92-50)83-71(85)53-31-59(95-45-13-5-41(77)6-14-45)65-67-61(97-47-17-9-43(79)10-18-47)33-55-64-56(74(88)84(73(55)87)58(30-40(3)4)76(90)82(27-23-51-37-93-51)28-24-52-38-94-52)34-62(98-48-19-11-44(80)12-20-48)68(70(64)67)66-60(96-46-15-7-42(78)8-16-46)32-54(72(83)86)63(53)69(65)66/h5-20,31-34,39-40,49-52,57-58H,21-30,35-38H2,1-4H3. The van der Waals surface area contributed by atoms with Crippen molar-refractivity contribution in [1.29, 1.82) is 0 Å². The zero-order valence-electron chi connectivity index (χ0n) is 54.1. The smallest absolute Gasteiger partial charge is 0.262 e. The summed E-state index contributed by atoms with van der Waals surface area (Å²) < 4.78 is 110. The van der Waals surface area contributed by atoms with E-state index in [2.05, 4.69) is 0 Å². The van der Waals surface area contributed by atoms with E-state index >= 15 is 46.3 Å². The Kier molecular flexibility index (Phi) is 17.0. The average molecular weight is 1340 g/mol. The predicted octanol–water partition coefficient (Wildman–Crippen LogP) is 14.3. The van der Waals surface area contributed by atoms with Gasteiger partial charge in [0.15, 0.2) is 0 Å². The third-order valence-electron chi connectivity index (χ3n) is 18.8. The molecule has 0 saturated carbocycles. The molecule has 9 aromatic carbocycles. The number of carbonyl (C=O) groups is 6. The van der Waals surface area contributed by atoms with Gasteiger partial charge in [-0.15, -0.1) is 0 Å². The molecule has 4 fully saturated rings. The van der Waals surface area contributed by atoms with E-state index in [1.54, 1.807) is 9.80 Å². The number of benzene rings is 9. The van der Waals surface area contributed by atoms with E-state index in [9.17, 15) is 0 Å². The Morgan fingerprint density at radius 1 is 0.388 bits per heavy atom. The van der Waals surface area contributed by atoms with Gasteiger partial charge in [0.2, 0.25) is 11.8 Å². The number of amides is 6. The number of fused-ring (bicyclic) bond motifs is 2. The van der Waals surface area contributed by atoms with Gasteiger partial charge in [-0.05, 0) is 172 Å². The molecule has 22 heteroatoms. The van der Waals surface area contributed by atoms with Gasteiger partial charge < -0.3 is 47.7 Å². The van der Waals surface area contributed by atoms with Crippen LogP contribution in [0.25, 0.3) is 43.1 Å². The highest BCUT2D eigenvalue weighted by Crippen LogP contribution is 2.58. The molecule has 15 rings (SSSR count). The van der Waals surface area contributed by atoms with Crippen molar-refractivity contribution in [3.63, 3.8) is 0 Å². The third kappa shape index (κ3) is 12.7. The molecule has 9 aromatic rings. The fourth-order valence-corrected chi connectivity index (χ4v) is 13.7. The van der Waals surface area contributed by atoms with E-state index in [1.807, 2.05) is 27.7 Å². The minimum Gasteiger partial charge on any atom is -0.457 e. The maximum absolute atomic E-state index is 16.3. The molecule has 0 spiro atoms. The minimum absolute atomic E-state index is 0.0301. The number of epoxide rings is 4. The second kappa shape index (κ2) is 25.9. The maximum atomic E-state index is 16.3. The quantitative estimate of drug-likeness (QED) is 0.0147. The van der Waals surface area contributed by atoms with E-state index in [0.29, 0.717) is 52.1 Å². The van der Waals surface area contributed by atoms with Gasteiger partial charge in [0.25, 0.3) is 23.6 Å². The van der Waals surface area contributed by atoms with Gasteiger partial charge in [0.1, 0.15) is 81.3 Å². The number of carbonyl (C=O) groups excluding carboxylic acids is 6. The van der Waals surface area contributed by atoms with Crippen LogP contribution in [-0.4, -0.2) is 144 Å². The van der Waals surface area contributed by atoms with Crippen LogP contribution in [0, 0.1) is 35.1 Å².